The summed E-state index contributed by atoms with van der Waals surface area (Å²) < 4.78 is 5.55. The van der Waals surface area contributed by atoms with Crippen LogP contribution < -0.4 is 15.7 Å². The molecule has 0 saturated heterocycles. The lowest BCUT2D eigenvalue weighted by Gasteiger charge is -2.16. The van der Waals surface area contributed by atoms with Crippen molar-refractivity contribution >= 4 is 17.4 Å². The summed E-state index contributed by atoms with van der Waals surface area (Å²) in [6.45, 7) is -0.456. The van der Waals surface area contributed by atoms with Gasteiger partial charge in [-0.3, -0.25) is 10.1 Å². The highest BCUT2D eigenvalue weighted by atomic mass is 35.5. The van der Waals surface area contributed by atoms with E-state index in [1.54, 1.807) is 36.5 Å². The first-order valence-corrected chi connectivity index (χ1v) is 7.91. The molecule has 0 spiro atoms. The molecule has 0 bridgehead atoms. The van der Waals surface area contributed by atoms with Crippen LogP contribution in [0.2, 0.25) is 5.02 Å². The summed E-state index contributed by atoms with van der Waals surface area (Å²) in [5, 5.41) is 23.2. The van der Waals surface area contributed by atoms with Crippen molar-refractivity contribution in [2.45, 2.75) is 12.6 Å². The van der Waals surface area contributed by atoms with Gasteiger partial charge in [-0.15, -0.1) is 0 Å². The molecule has 3 aromatic rings. The Morgan fingerprint density at radius 3 is 2.72 bits per heavy atom. The smallest absolute Gasteiger partial charge is 0.273 e. The Morgan fingerprint density at radius 1 is 1.20 bits per heavy atom. The number of hydrogen-bond donors (Lipinski definition) is 3. The lowest BCUT2D eigenvalue weighted by molar-refractivity contribution is -0.361. The monoisotopic (exact) mass is 359 g/mol. The molecule has 1 atom stereocenters. The minimum absolute atomic E-state index is 0.00364. The number of rotatable bonds is 5. The highest BCUT2D eigenvalue weighted by Gasteiger charge is 2.27. The molecule has 7 heteroatoms. The van der Waals surface area contributed by atoms with Crippen LogP contribution in [0.1, 0.15) is 23.1 Å². The summed E-state index contributed by atoms with van der Waals surface area (Å²) in [6.07, 6.45) is 1.73. The van der Waals surface area contributed by atoms with Gasteiger partial charge < -0.3 is 14.6 Å². The maximum absolute atomic E-state index is 12.0. The Bertz CT molecular complexity index is 928. The standard InChI is InChI=1S/C18H15ClN2O4/c19-12-5-3-4-11(8-12)16(21-15-6-1-2-7-20-15)18-17(24)14(23)9-13(10-22)25-18/h1-9,16,22,24H,10H2,(H,20,21)/p+1/t16-/m0/s1. The molecule has 0 fully saturated rings. The van der Waals surface area contributed by atoms with Gasteiger partial charge in [-0.1, -0.05) is 29.8 Å². The third kappa shape index (κ3) is 3.81. The highest BCUT2D eigenvalue weighted by molar-refractivity contribution is 6.30. The van der Waals surface area contributed by atoms with Crippen molar-refractivity contribution in [3.8, 4) is 5.75 Å². The molecule has 0 radical (unpaired) electrons. The number of aliphatic hydroxyl groups excluding tert-OH is 1. The molecule has 0 aliphatic carbocycles. The minimum atomic E-state index is -0.698. The topological polar surface area (TPSA) is 96.8 Å². The Morgan fingerprint density at radius 2 is 2.04 bits per heavy atom. The number of aromatic amines is 1. The van der Waals surface area contributed by atoms with Gasteiger partial charge in [0.15, 0.2) is 11.8 Å². The van der Waals surface area contributed by atoms with Crippen LogP contribution in [-0.4, -0.2) is 10.2 Å². The molecular weight excluding hydrogens is 344 g/mol. The Hall–Kier alpha value is -2.83. The number of aliphatic hydroxyl groups is 1. The Kier molecular flexibility index (Phi) is 5.02. The van der Waals surface area contributed by atoms with Crippen molar-refractivity contribution in [2.24, 2.45) is 0 Å². The van der Waals surface area contributed by atoms with E-state index in [4.69, 9.17) is 16.0 Å². The van der Waals surface area contributed by atoms with Crippen molar-refractivity contribution in [1.82, 2.24) is 0 Å². The SMILES string of the molecule is O=c1cc(CO)oc([C@@H](Nc2cccc[nH+]2)c2cccc(Cl)c2)c1O. The van der Waals surface area contributed by atoms with Crippen LogP contribution in [0, 0.1) is 0 Å². The van der Waals surface area contributed by atoms with Crippen LogP contribution in [0.25, 0.3) is 0 Å². The second kappa shape index (κ2) is 7.38. The van der Waals surface area contributed by atoms with Crippen molar-refractivity contribution in [3.05, 3.63) is 87.1 Å². The van der Waals surface area contributed by atoms with E-state index < -0.39 is 23.8 Å². The number of anilines is 1. The highest BCUT2D eigenvalue weighted by Crippen LogP contribution is 2.31. The van der Waals surface area contributed by atoms with Gasteiger partial charge in [0.1, 0.15) is 12.4 Å². The molecule has 2 aromatic heterocycles. The average Bonchev–Trinajstić information content (AvgIpc) is 2.63. The quantitative estimate of drug-likeness (QED) is 0.650. The third-order valence-electron chi connectivity index (χ3n) is 3.61. The van der Waals surface area contributed by atoms with E-state index in [1.807, 2.05) is 12.1 Å². The Balaban J connectivity index is 2.14. The summed E-state index contributed by atoms with van der Waals surface area (Å²) in [4.78, 5) is 15.0. The predicted octanol–water partition coefficient (Wildman–Crippen LogP) is 2.51. The summed E-state index contributed by atoms with van der Waals surface area (Å²) in [5.74, 6) is 0.175. The summed E-state index contributed by atoms with van der Waals surface area (Å²) in [5.41, 5.74) is 0.0504. The number of aromatic nitrogens is 1. The lowest BCUT2D eigenvalue weighted by atomic mass is 10.0. The van der Waals surface area contributed by atoms with Crippen LogP contribution in [0.5, 0.6) is 5.75 Å². The third-order valence-corrected chi connectivity index (χ3v) is 3.84. The molecule has 2 heterocycles. The van der Waals surface area contributed by atoms with E-state index in [1.165, 1.54) is 0 Å². The molecule has 6 nitrogen and oxygen atoms in total. The van der Waals surface area contributed by atoms with Crippen molar-refractivity contribution in [2.75, 3.05) is 5.32 Å². The second-order valence-corrected chi connectivity index (χ2v) is 5.79. The summed E-state index contributed by atoms with van der Waals surface area (Å²) >= 11 is 6.08. The number of nitrogens with one attached hydrogen (secondary N) is 2. The first-order valence-electron chi connectivity index (χ1n) is 7.54. The zero-order valence-corrected chi connectivity index (χ0v) is 13.8. The molecule has 128 valence electrons. The van der Waals surface area contributed by atoms with E-state index in [2.05, 4.69) is 10.3 Å². The molecule has 0 saturated carbocycles. The minimum Gasteiger partial charge on any atom is -0.502 e. The average molecular weight is 360 g/mol. The number of hydrogen-bond acceptors (Lipinski definition) is 5. The van der Waals surface area contributed by atoms with Gasteiger partial charge >= 0.3 is 0 Å². The maximum atomic E-state index is 12.0. The van der Waals surface area contributed by atoms with Gasteiger partial charge in [0, 0.05) is 22.7 Å². The van der Waals surface area contributed by atoms with E-state index in [0.717, 1.165) is 6.07 Å². The predicted molar refractivity (Wildman–Crippen MR) is 92.5 cm³/mol. The number of H-pyrrole nitrogens is 1. The molecule has 0 aliphatic heterocycles. The molecule has 3 rings (SSSR count). The molecule has 0 aliphatic rings. The largest absolute Gasteiger partial charge is 0.502 e. The van der Waals surface area contributed by atoms with Crippen LogP contribution >= 0.6 is 11.6 Å². The van der Waals surface area contributed by atoms with Crippen molar-refractivity contribution < 1.29 is 19.6 Å². The maximum Gasteiger partial charge on any atom is 0.273 e. The van der Waals surface area contributed by atoms with Gasteiger partial charge in [0.05, 0.1) is 6.20 Å². The lowest BCUT2D eigenvalue weighted by Crippen LogP contribution is -2.20. The number of pyridine rings is 1. The van der Waals surface area contributed by atoms with E-state index in [-0.39, 0.29) is 11.5 Å². The number of aromatic hydroxyl groups is 1. The number of halogens is 1. The van der Waals surface area contributed by atoms with Crippen LogP contribution in [-0.2, 0) is 6.61 Å². The Labute approximate surface area is 148 Å². The molecule has 0 amide bonds. The van der Waals surface area contributed by atoms with E-state index >= 15 is 0 Å². The van der Waals surface area contributed by atoms with Crippen molar-refractivity contribution in [3.63, 3.8) is 0 Å². The van der Waals surface area contributed by atoms with Gasteiger partial charge in [-0.2, -0.15) is 0 Å². The van der Waals surface area contributed by atoms with Crippen LogP contribution in [0.4, 0.5) is 5.82 Å². The molecule has 25 heavy (non-hydrogen) atoms. The second-order valence-electron chi connectivity index (χ2n) is 5.36. The summed E-state index contributed by atoms with van der Waals surface area (Å²) in [6, 6.07) is 12.8. The number of benzene rings is 1. The van der Waals surface area contributed by atoms with Gasteiger partial charge in [-0.25, -0.2) is 4.98 Å². The van der Waals surface area contributed by atoms with Gasteiger partial charge in [-0.05, 0) is 18.2 Å². The molecule has 0 unspecified atom stereocenters. The van der Waals surface area contributed by atoms with E-state index in [9.17, 15) is 15.0 Å². The van der Waals surface area contributed by atoms with Crippen LogP contribution in [0.3, 0.4) is 0 Å². The normalized spacial score (nSPS) is 11.9. The van der Waals surface area contributed by atoms with Gasteiger partial charge in [0.25, 0.3) is 5.82 Å². The molecular formula is C18H16ClN2O4+. The first-order chi connectivity index (χ1) is 12.1. The first kappa shape index (κ1) is 17.0. The molecule has 4 N–H and O–H groups in total. The summed E-state index contributed by atoms with van der Waals surface area (Å²) in [7, 11) is 0. The van der Waals surface area contributed by atoms with Crippen LogP contribution in [0.15, 0.2) is 63.9 Å². The zero-order chi connectivity index (χ0) is 17.8. The van der Waals surface area contributed by atoms with Crippen molar-refractivity contribution in [1.29, 1.82) is 0 Å². The fourth-order valence-corrected chi connectivity index (χ4v) is 2.65. The van der Waals surface area contributed by atoms with E-state index in [0.29, 0.717) is 16.4 Å². The zero-order valence-electron chi connectivity index (χ0n) is 13.1. The van der Waals surface area contributed by atoms with Gasteiger partial charge in [0.2, 0.25) is 11.2 Å². The fourth-order valence-electron chi connectivity index (χ4n) is 2.45. The fraction of sp³-hybridized carbons (Fsp3) is 0.111. The molecule has 1 aromatic carbocycles.